The van der Waals surface area contributed by atoms with Crippen molar-refractivity contribution in [1.29, 1.82) is 0 Å². The largest absolute Gasteiger partial charge is 0.391 e. The number of aliphatic hydroxyl groups is 1. The Morgan fingerprint density at radius 2 is 2.22 bits per heavy atom. The molecule has 7 heteroatoms. The summed E-state index contributed by atoms with van der Waals surface area (Å²) in [5, 5.41) is 9.53. The second-order valence-electron chi connectivity index (χ2n) is 4.13. The van der Waals surface area contributed by atoms with Crippen molar-refractivity contribution in [2.24, 2.45) is 5.73 Å². The number of aromatic nitrogens is 1. The molecule has 1 saturated heterocycles. The molecule has 1 aliphatic rings. The zero-order valence-corrected chi connectivity index (χ0v) is 11.0. The molecule has 2 amide bonds. The number of amides is 2. The van der Waals surface area contributed by atoms with Gasteiger partial charge in [-0.15, -0.1) is 0 Å². The highest BCUT2D eigenvalue weighted by molar-refractivity contribution is 9.10. The first-order valence-corrected chi connectivity index (χ1v) is 6.18. The third kappa shape index (κ3) is 2.51. The van der Waals surface area contributed by atoms with Gasteiger partial charge in [0.2, 0.25) is 5.91 Å². The van der Waals surface area contributed by atoms with E-state index < -0.39 is 24.0 Å². The quantitative estimate of drug-likeness (QED) is 0.797. The maximum absolute atomic E-state index is 12.1. The summed E-state index contributed by atoms with van der Waals surface area (Å²) in [6, 6.07) is 2.47. The molecule has 18 heavy (non-hydrogen) atoms. The predicted octanol–water partition coefficient (Wildman–Crippen LogP) is -0.0952. The van der Waals surface area contributed by atoms with Crippen LogP contribution in [0.15, 0.2) is 22.8 Å². The van der Waals surface area contributed by atoms with Crippen LogP contribution in [0.4, 0.5) is 0 Å². The van der Waals surface area contributed by atoms with Crippen LogP contribution in [0.25, 0.3) is 0 Å². The first-order valence-electron chi connectivity index (χ1n) is 5.39. The average Bonchev–Trinajstić information content (AvgIpc) is 2.71. The Hall–Kier alpha value is -1.47. The van der Waals surface area contributed by atoms with Gasteiger partial charge in [-0.1, -0.05) is 0 Å². The number of rotatable bonds is 2. The molecule has 0 aliphatic carbocycles. The molecule has 0 spiro atoms. The van der Waals surface area contributed by atoms with Gasteiger partial charge in [-0.05, 0) is 28.1 Å². The molecule has 96 valence electrons. The number of halogens is 1. The number of hydrogen-bond acceptors (Lipinski definition) is 4. The average molecular weight is 314 g/mol. The van der Waals surface area contributed by atoms with E-state index in [1.807, 2.05) is 0 Å². The molecule has 1 aliphatic heterocycles. The first kappa shape index (κ1) is 13.0. The zero-order valence-electron chi connectivity index (χ0n) is 9.41. The molecule has 0 aromatic carbocycles. The fourth-order valence-corrected chi connectivity index (χ4v) is 2.19. The summed E-state index contributed by atoms with van der Waals surface area (Å²) in [5.74, 6) is -1.01. The van der Waals surface area contributed by atoms with Gasteiger partial charge in [-0.25, -0.2) is 4.98 Å². The maximum Gasteiger partial charge on any atom is 0.273 e. The molecule has 0 bridgehead atoms. The number of carbonyl (C=O) groups excluding carboxylic acids is 2. The van der Waals surface area contributed by atoms with Gasteiger partial charge in [0.25, 0.3) is 5.91 Å². The highest BCUT2D eigenvalue weighted by Crippen LogP contribution is 2.20. The number of nitrogens with two attached hydrogens (primary N) is 1. The lowest BCUT2D eigenvalue weighted by molar-refractivity contribution is -0.121. The summed E-state index contributed by atoms with van der Waals surface area (Å²) in [7, 11) is 0. The Morgan fingerprint density at radius 1 is 1.50 bits per heavy atom. The van der Waals surface area contributed by atoms with Crippen LogP contribution in [0, 0.1) is 0 Å². The van der Waals surface area contributed by atoms with Gasteiger partial charge in [0.15, 0.2) is 0 Å². The van der Waals surface area contributed by atoms with E-state index >= 15 is 0 Å². The van der Waals surface area contributed by atoms with E-state index in [2.05, 4.69) is 20.9 Å². The fraction of sp³-hybridized carbons (Fsp3) is 0.364. The Balaban J connectivity index is 2.22. The normalized spacial score (nSPS) is 23.1. The molecule has 0 saturated carbocycles. The minimum atomic E-state index is -0.766. The molecule has 2 heterocycles. The van der Waals surface area contributed by atoms with Gasteiger partial charge >= 0.3 is 0 Å². The van der Waals surface area contributed by atoms with Crippen molar-refractivity contribution in [2.75, 3.05) is 6.54 Å². The molecule has 1 aromatic heterocycles. The van der Waals surface area contributed by atoms with Gasteiger partial charge in [-0.2, -0.15) is 0 Å². The summed E-state index contributed by atoms with van der Waals surface area (Å²) in [6.07, 6.45) is 0.957. The SMILES string of the molecule is NC(=O)C1CC(O)CN1C(=O)c1ccc(Br)cn1. The van der Waals surface area contributed by atoms with Gasteiger partial charge in [-0.3, -0.25) is 9.59 Å². The highest BCUT2D eigenvalue weighted by atomic mass is 79.9. The van der Waals surface area contributed by atoms with Crippen molar-refractivity contribution in [3.05, 3.63) is 28.5 Å². The number of likely N-dealkylation sites (tertiary alicyclic amines) is 1. The summed E-state index contributed by atoms with van der Waals surface area (Å²) in [4.78, 5) is 28.6. The standard InChI is InChI=1S/C11H12BrN3O3/c12-6-1-2-8(14-4-6)11(18)15-5-7(16)3-9(15)10(13)17/h1-2,4,7,9,16H,3,5H2,(H2,13,17). The Bertz CT molecular complexity index is 477. The van der Waals surface area contributed by atoms with Crippen molar-refractivity contribution < 1.29 is 14.7 Å². The molecule has 1 aromatic rings. The number of carbonyl (C=O) groups is 2. The van der Waals surface area contributed by atoms with Crippen molar-refractivity contribution in [3.8, 4) is 0 Å². The third-order valence-electron chi connectivity index (χ3n) is 2.81. The van der Waals surface area contributed by atoms with Crippen LogP contribution in [0.5, 0.6) is 0 Å². The molecule has 0 radical (unpaired) electrons. The van der Waals surface area contributed by atoms with Crippen LogP contribution in [-0.2, 0) is 4.79 Å². The lowest BCUT2D eigenvalue weighted by Gasteiger charge is -2.21. The molecule has 2 atom stereocenters. The molecular formula is C11H12BrN3O3. The van der Waals surface area contributed by atoms with E-state index in [0.717, 1.165) is 4.47 Å². The van der Waals surface area contributed by atoms with Gasteiger partial charge in [0, 0.05) is 23.6 Å². The molecule has 2 unspecified atom stereocenters. The van der Waals surface area contributed by atoms with Crippen molar-refractivity contribution in [2.45, 2.75) is 18.6 Å². The summed E-state index contributed by atoms with van der Waals surface area (Å²) in [6.45, 7) is 0.101. The van der Waals surface area contributed by atoms with Crippen molar-refractivity contribution in [3.63, 3.8) is 0 Å². The molecule has 2 rings (SSSR count). The topological polar surface area (TPSA) is 96.5 Å². The second-order valence-corrected chi connectivity index (χ2v) is 5.04. The number of primary amides is 1. The smallest absolute Gasteiger partial charge is 0.273 e. The lowest BCUT2D eigenvalue weighted by Crippen LogP contribution is -2.44. The zero-order chi connectivity index (χ0) is 13.3. The minimum Gasteiger partial charge on any atom is -0.391 e. The predicted molar refractivity (Wildman–Crippen MR) is 66.6 cm³/mol. The van der Waals surface area contributed by atoms with Gasteiger partial charge in [0.05, 0.1) is 6.10 Å². The summed E-state index contributed by atoms with van der Waals surface area (Å²) < 4.78 is 0.756. The number of hydrogen-bond donors (Lipinski definition) is 2. The van der Waals surface area contributed by atoms with Gasteiger partial charge in [0.1, 0.15) is 11.7 Å². The van der Waals surface area contributed by atoms with Crippen LogP contribution >= 0.6 is 15.9 Å². The Kier molecular flexibility index (Phi) is 3.63. The van der Waals surface area contributed by atoms with Crippen LogP contribution in [0.3, 0.4) is 0 Å². The molecule has 3 N–H and O–H groups in total. The van der Waals surface area contributed by atoms with E-state index in [-0.39, 0.29) is 18.7 Å². The first-order chi connectivity index (χ1) is 8.49. The summed E-state index contributed by atoms with van der Waals surface area (Å²) >= 11 is 3.22. The van der Waals surface area contributed by atoms with Crippen LogP contribution in [0.2, 0.25) is 0 Å². The second kappa shape index (κ2) is 5.03. The van der Waals surface area contributed by atoms with Crippen molar-refractivity contribution >= 4 is 27.7 Å². The van der Waals surface area contributed by atoms with Crippen LogP contribution in [0.1, 0.15) is 16.9 Å². The maximum atomic E-state index is 12.1. The molecule has 6 nitrogen and oxygen atoms in total. The highest BCUT2D eigenvalue weighted by Gasteiger charge is 2.38. The molecular weight excluding hydrogens is 302 g/mol. The number of nitrogens with zero attached hydrogens (tertiary/aromatic N) is 2. The van der Waals surface area contributed by atoms with Crippen molar-refractivity contribution in [1.82, 2.24) is 9.88 Å². The van der Waals surface area contributed by atoms with E-state index in [4.69, 9.17) is 5.73 Å². The lowest BCUT2D eigenvalue weighted by atomic mass is 10.2. The van der Waals surface area contributed by atoms with Crippen LogP contribution in [-0.4, -0.2) is 45.5 Å². The molecule has 1 fully saturated rings. The minimum absolute atomic E-state index is 0.101. The van der Waals surface area contributed by atoms with E-state index in [0.29, 0.717) is 0 Å². The Labute approximate surface area is 112 Å². The Morgan fingerprint density at radius 3 is 2.78 bits per heavy atom. The fourth-order valence-electron chi connectivity index (χ4n) is 1.96. The monoisotopic (exact) mass is 313 g/mol. The number of pyridine rings is 1. The van der Waals surface area contributed by atoms with E-state index in [1.54, 1.807) is 12.1 Å². The van der Waals surface area contributed by atoms with E-state index in [9.17, 15) is 14.7 Å². The number of β-amino-alcohol motifs (C(OH)–C–C–N with tert-alkyl or cyclic N) is 1. The van der Waals surface area contributed by atoms with Gasteiger partial charge < -0.3 is 15.7 Å². The third-order valence-corrected chi connectivity index (χ3v) is 3.28. The summed E-state index contributed by atoms with van der Waals surface area (Å²) in [5.41, 5.74) is 5.44. The van der Waals surface area contributed by atoms with E-state index in [1.165, 1.54) is 11.1 Å². The van der Waals surface area contributed by atoms with Crippen LogP contribution < -0.4 is 5.73 Å². The number of aliphatic hydroxyl groups excluding tert-OH is 1.